The molecule has 0 saturated carbocycles. The number of fused-ring (bicyclic) bond motifs is 1. The van der Waals surface area contributed by atoms with Crippen molar-refractivity contribution in [3.05, 3.63) is 40.5 Å². The lowest BCUT2D eigenvalue weighted by atomic mass is 10.1. The highest BCUT2D eigenvalue weighted by atomic mass is 16.4. The van der Waals surface area contributed by atoms with E-state index in [9.17, 15) is 4.79 Å². The van der Waals surface area contributed by atoms with Crippen LogP contribution in [-0.2, 0) is 6.42 Å². The van der Waals surface area contributed by atoms with E-state index >= 15 is 0 Å². The van der Waals surface area contributed by atoms with Gasteiger partial charge in [0.05, 0.1) is 5.56 Å². The van der Waals surface area contributed by atoms with E-state index in [1.807, 2.05) is 6.07 Å². The normalized spacial score (nSPS) is 13.8. The van der Waals surface area contributed by atoms with E-state index in [1.54, 1.807) is 12.1 Å². The molecule has 0 aliphatic heterocycles. The summed E-state index contributed by atoms with van der Waals surface area (Å²) in [7, 11) is 0. The molecule has 0 heterocycles. The van der Waals surface area contributed by atoms with Crippen LogP contribution in [0.15, 0.2) is 23.8 Å². The zero-order chi connectivity index (χ0) is 9.42. The lowest BCUT2D eigenvalue weighted by Crippen LogP contribution is -1.97. The Hall–Kier alpha value is -1.57. The fourth-order valence-corrected chi connectivity index (χ4v) is 1.65. The van der Waals surface area contributed by atoms with Crippen molar-refractivity contribution in [2.24, 2.45) is 0 Å². The second-order valence-corrected chi connectivity index (χ2v) is 3.39. The first-order valence-electron chi connectivity index (χ1n) is 4.20. The first kappa shape index (κ1) is 8.05. The Balaban J connectivity index is 2.45. The molecule has 0 amide bonds. The molecule has 0 radical (unpaired) electrons. The third kappa shape index (κ3) is 1.35. The summed E-state index contributed by atoms with van der Waals surface area (Å²) in [5.74, 6) is -0.854. The number of aromatic carboxylic acids is 1. The monoisotopic (exact) mass is 174 g/mol. The van der Waals surface area contributed by atoms with E-state index in [0.29, 0.717) is 5.56 Å². The summed E-state index contributed by atoms with van der Waals surface area (Å²) in [4.78, 5) is 10.7. The Morgan fingerprint density at radius 1 is 1.46 bits per heavy atom. The molecule has 0 spiro atoms. The number of carboxylic acid groups (broad SMARTS) is 1. The molecule has 0 unspecified atom stereocenters. The van der Waals surface area contributed by atoms with Crippen LogP contribution in [0.5, 0.6) is 0 Å². The molecule has 66 valence electrons. The van der Waals surface area contributed by atoms with E-state index < -0.39 is 5.97 Å². The Morgan fingerprint density at radius 2 is 2.23 bits per heavy atom. The molecule has 1 aromatic rings. The highest BCUT2D eigenvalue weighted by Gasteiger charge is 2.11. The van der Waals surface area contributed by atoms with Gasteiger partial charge in [-0.2, -0.15) is 0 Å². The average Bonchev–Trinajstić information content (AvgIpc) is 2.42. The molecule has 1 aromatic carbocycles. The fourth-order valence-electron chi connectivity index (χ4n) is 1.65. The summed E-state index contributed by atoms with van der Waals surface area (Å²) < 4.78 is 0. The minimum Gasteiger partial charge on any atom is -0.478 e. The molecule has 0 fully saturated rings. The molecule has 0 saturated heterocycles. The van der Waals surface area contributed by atoms with Gasteiger partial charge in [0.2, 0.25) is 0 Å². The second kappa shape index (κ2) is 2.73. The molecular formula is C11H10O2. The van der Waals surface area contributed by atoms with Crippen molar-refractivity contribution in [1.29, 1.82) is 0 Å². The lowest BCUT2D eigenvalue weighted by molar-refractivity contribution is 0.0697. The largest absolute Gasteiger partial charge is 0.478 e. The molecule has 0 aromatic heterocycles. The number of carboxylic acids is 1. The molecule has 0 bridgehead atoms. The Morgan fingerprint density at radius 3 is 2.92 bits per heavy atom. The number of hydrogen-bond acceptors (Lipinski definition) is 1. The molecule has 1 aliphatic carbocycles. The number of benzene rings is 1. The maximum absolute atomic E-state index is 10.7. The van der Waals surface area contributed by atoms with Crippen LogP contribution in [0.4, 0.5) is 0 Å². The van der Waals surface area contributed by atoms with Crippen molar-refractivity contribution in [3.8, 4) is 0 Å². The van der Waals surface area contributed by atoms with Gasteiger partial charge in [0.25, 0.3) is 0 Å². The van der Waals surface area contributed by atoms with Crippen molar-refractivity contribution in [2.75, 3.05) is 0 Å². The summed E-state index contributed by atoms with van der Waals surface area (Å²) in [5, 5.41) is 8.76. The van der Waals surface area contributed by atoms with Crippen molar-refractivity contribution in [2.45, 2.75) is 13.3 Å². The number of rotatable bonds is 1. The van der Waals surface area contributed by atoms with E-state index in [4.69, 9.17) is 5.11 Å². The molecular weight excluding hydrogens is 164 g/mol. The van der Waals surface area contributed by atoms with E-state index in [-0.39, 0.29) is 0 Å². The van der Waals surface area contributed by atoms with E-state index in [0.717, 1.165) is 17.5 Å². The first-order valence-corrected chi connectivity index (χ1v) is 4.20. The van der Waals surface area contributed by atoms with Gasteiger partial charge in [-0.1, -0.05) is 17.7 Å². The number of hydrogen-bond donors (Lipinski definition) is 1. The van der Waals surface area contributed by atoms with Crippen molar-refractivity contribution in [1.82, 2.24) is 0 Å². The van der Waals surface area contributed by atoms with Gasteiger partial charge in [0.1, 0.15) is 0 Å². The van der Waals surface area contributed by atoms with Crippen molar-refractivity contribution < 1.29 is 9.90 Å². The van der Waals surface area contributed by atoms with Crippen LogP contribution in [0.2, 0.25) is 0 Å². The topological polar surface area (TPSA) is 37.3 Å². The quantitative estimate of drug-likeness (QED) is 0.709. The number of carbonyl (C=O) groups is 1. The maximum Gasteiger partial charge on any atom is 0.335 e. The molecule has 2 nitrogen and oxygen atoms in total. The molecule has 1 aliphatic rings. The van der Waals surface area contributed by atoms with Crippen molar-refractivity contribution >= 4 is 12.0 Å². The van der Waals surface area contributed by atoms with Gasteiger partial charge in [-0.05, 0) is 36.6 Å². The minimum atomic E-state index is -0.854. The van der Waals surface area contributed by atoms with E-state index in [1.165, 1.54) is 5.57 Å². The first-order chi connectivity index (χ1) is 6.16. The third-order valence-corrected chi connectivity index (χ3v) is 2.26. The van der Waals surface area contributed by atoms with Crippen LogP contribution < -0.4 is 0 Å². The van der Waals surface area contributed by atoms with Gasteiger partial charge in [-0.25, -0.2) is 4.79 Å². The average molecular weight is 174 g/mol. The molecule has 2 rings (SSSR count). The van der Waals surface area contributed by atoms with Gasteiger partial charge in [0, 0.05) is 0 Å². The second-order valence-electron chi connectivity index (χ2n) is 3.39. The predicted molar refractivity (Wildman–Crippen MR) is 50.8 cm³/mol. The van der Waals surface area contributed by atoms with Crippen LogP contribution in [0.25, 0.3) is 6.08 Å². The smallest absolute Gasteiger partial charge is 0.335 e. The SMILES string of the molecule is CC1=Cc2ccc(C(=O)O)cc2C1. The van der Waals surface area contributed by atoms with Gasteiger partial charge in [-0.3, -0.25) is 0 Å². The van der Waals surface area contributed by atoms with Crippen LogP contribution in [0.1, 0.15) is 28.4 Å². The Kier molecular flexibility index (Phi) is 1.69. The molecule has 13 heavy (non-hydrogen) atoms. The minimum absolute atomic E-state index is 0.377. The third-order valence-electron chi connectivity index (χ3n) is 2.26. The fraction of sp³-hybridized carbons (Fsp3) is 0.182. The van der Waals surface area contributed by atoms with Gasteiger partial charge >= 0.3 is 5.97 Å². The highest BCUT2D eigenvalue weighted by Crippen LogP contribution is 2.25. The van der Waals surface area contributed by atoms with Gasteiger partial charge in [0.15, 0.2) is 0 Å². The van der Waals surface area contributed by atoms with Gasteiger partial charge in [-0.15, -0.1) is 0 Å². The lowest BCUT2D eigenvalue weighted by Gasteiger charge is -1.99. The molecule has 2 heteroatoms. The zero-order valence-corrected chi connectivity index (χ0v) is 7.37. The molecule has 0 atom stereocenters. The highest BCUT2D eigenvalue weighted by molar-refractivity contribution is 5.88. The van der Waals surface area contributed by atoms with Crippen LogP contribution in [-0.4, -0.2) is 11.1 Å². The molecule has 1 N–H and O–H groups in total. The van der Waals surface area contributed by atoms with Crippen LogP contribution >= 0.6 is 0 Å². The van der Waals surface area contributed by atoms with Crippen LogP contribution in [0, 0.1) is 0 Å². The maximum atomic E-state index is 10.7. The summed E-state index contributed by atoms with van der Waals surface area (Å²) in [5.41, 5.74) is 3.94. The Labute approximate surface area is 76.5 Å². The summed E-state index contributed by atoms with van der Waals surface area (Å²) >= 11 is 0. The zero-order valence-electron chi connectivity index (χ0n) is 7.37. The summed E-state index contributed by atoms with van der Waals surface area (Å²) in [6.45, 7) is 2.06. The Bertz CT molecular complexity index is 403. The van der Waals surface area contributed by atoms with Crippen LogP contribution in [0.3, 0.4) is 0 Å². The van der Waals surface area contributed by atoms with E-state index in [2.05, 4.69) is 13.0 Å². The standard InChI is InChI=1S/C11H10O2/c1-7-4-8-2-3-9(11(12)13)6-10(8)5-7/h2-4,6H,5H2,1H3,(H,12,13). The summed E-state index contributed by atoms with van der Waals surface area (Å²) in [6, 6.07) is 5.27. The van der Waals surface area contributed by atoms with Crippen molar-refractivity contribution in [3.63, 3.8) is 0 Å². The predicted octanol–water partition coefficient (Wildman–Crippen LogP) is 2.34. The summed E-state index contributed by atoms with van der Waals surface area (Å²) in [6.07, 6.45) is 2.98. The van der Waals surface area contributed by atoms with Gasteiger partial charge < -0.3 is 5.11 Å². The number of allylic oxidation sites excluding steroid dienone is 1.